The molecule has 1 aromatic carbocycles. The Morgan fingerprint density at radius 1 is 1.13 bits per heavy atom. The molecule has 0 saturated carbocycles. The van der Waals surface area contributed by atoms with E-state index in [0.717, 1.165) is 32.5 Å². The number of rotatable bonds is 4. The molecule has 30 heavy (non-hydrogen) atoms. The zero-order chi connectivity index (χ0) is 21.5. The third-order valence-electron chi connectivity index (χ3n) is 5.66. The van der Waals surface area contributed by atoms with Gasteiger partial charge in [-0.3, -0.25) is 4.79 Å². The number of fused-ring (bicyclic) bond motifs is 1. The SMILES string of the molecule is CC(C)(C)c1nc2cc(S(=O)(=O)c3cc[nH]c(=O)c3)ccc2n1CC1CCPCC1. The van der Waals surface area contributed by atoms with Crippen LogP contribution in [0.4, 0.5) is 0 Å². The van der Waals surface area contributed by atoms with E-state index in [1.807, 2.05) is 6.07 Å². The summed E-state index contributed by atoms with van der Waals surface area (Å²) in [4.78, 5) is 19.1. The van der Waals surface area contributed by atoms with E-state index >= 15 is 0 Å². The van der Waals surface area contributed by atoms with Crippen molar-refractivity contribution in [3.05, 3.63) is 52.7 Å². The highest BCUT2D eigenvalue weighted by Crippen LogP contribution is 2.33. The molecule has 4 rings (SSSR count). The van der Waals surface area contributed by atoms with Crippen molar-refractivity contribution in [3.63, 3.8) is 0 Å². The van der Waals surface area contributed by atoms with Crippen molar-refractivity contribution in [2.75, 3.05) is 12.3 Å². The number of benzene rings is 1. The van der Waals surface area contributed by atoms with Crippen molar-refractivity contribution >= 4 is 29.5 Å². The highest BCUT2D eigenvalue weighted by atomic mass is 32.2. The Morgan fingerprint density at radius 2 is 1.83 bits per heavy atom. The van der Waals surface area contributed by atoms with Gasteiger partial charge in [0.1, 0.15) is 5.82 Å². The average molecular weight is 446 g/mol. The van der Waals surface area contributed by atoms with E-state index in [0.29, 0.717) is 11.4 Å². The predicted molar refractivity (Wildman–Crippen MR) is 122 cm³/mol. The second-order valence-electron chi connectivity index (χ2n) is 9.03. The van der Waals surface area contributed by atoms with Gasteiger partial charge in [0.15, 0.2) is 0 Å². The largest absolute Gasteiger partial charge is 0.329 e. The summed E-state index contributed by atoms with van der Waals surface area (Å²) in [6.45, 7) is 7.34. The van der Waals surface area contributed by atoms with Gasteiger partial charge in [-0.15, -0.1) is 8.58 Å². The fourth-order valence-electron chi connectivity index (χ4n) is 4.08. The fraction of sp³-hybridized carbons (Fsp3) is 0.455. The molecule has 1 saturated heterocycles. The number of nitrogens with one attached hydrogen (secondary N) is 1. The lowest BCUT2D eigenvalue weighted by molar-refractivity contribution is 0.394. The lowest BCUT2D eigenvalue weighted by Gasteiger charge is -2.26. The fourth-order valence-corrected chi connectivity index (χ4v) is 6.86. The van der Waals surface area contributed by atoms with E-state index in [-0.39, 0.29) is 15.2 Å². The summed E-state index contributed by atoms with van der Waals surface area (Å²) < 4.78 is 28.4. The molecule has 3 aromatic rings. The van der Waals surface area contributed by atoms with Crippen LogP contribution in [0.5, 0.6) is 0 Å². The predicted octanol–water partition coefficient (Wildman–Crippen LogP) is 3.94. The Kier molecular flexibility index (Phi) is 5.62. The molecule has 0 bridgehead atoms. The molecule has 1 aliphatic rings. The van der Waals surface area contributed by atoms with Crippen LogP contribution in [0.3, 0.4) is 0 Å². The molecule has 1 N–H and O–H groups in total. The van der Waals surface area contributed by atoms with Gasteiger partial charge in [0, 0.05) is 24.2 Å². The lowest BCUT2D eigenvalue weighted by atomic mass is 9.95. The number of nitrogens with zero attached hydrogens (tertiary/aromatic N) is 2. The van der Waals surface area contributed by atoms with Gasteiger partial charge >= 0.3 is 0 Å². The normalized spacial score (nSPS) is 18.8. The molecule has 0 spiro atoms. The molecular weight excluding hydrogens is 417 g/mol. The molecule has 0 aliphatic carbocycles. The topological polar surface area (TPSA) is 84.8 Å². The number of hydrogen-bond donors (Lipinski definition) is 1. The molecular formula is C22H28N3O3PS. The summed E-state index contributed by atoms with van der Waals surface area (Å²) in [5, 5.41) is 0. The maximum atomic E-state index is 13.0. The standard InChI is InChI=1S/C22H28N3O3PS/c1-22(2,3)21-24-18-12-16(30(27,28)17-6-9-23-20(26)13-17)4-5-19(18)25(21)14-15-7-10-29-11-8-15/h4-6,9,12-13,15,29H,7-8,10-11,14H2,1-3H3,(H,23,26). The maximum absolute atomic E-state index is 13.0. The summed E-state index contributed by atoms with van der Waals surface area (Å²) in [5.74, 6) is 1.63. The molecule has 0 unspecified atom stereocenters. The summed E-state index contributed by atoms with van der Waals surface area (Å²) in [5.41, 5.74) is 1.06. The van der Waals surface area contributed by atoms with Crippen LogP contribution in [0.25, 0.3) is 11.0 Å². The number of hydrogen-bond acceptors (Lipinski definition) is 4. The van der Waals surface area contributed by atoms with Gasteiger partial charge in [-0.1, -0.05) is 20.8 Å². The summed E-state index contributed by atoms with van der Waals surface area (Å²) >= 11 is 0. The van der Waals surface area contributed by atoms with Gasteiger partial charge in [-0.05, 0) is 55.3 Å². The van der Waals surface area contributed by atoms with Crippen LogP contribution in [0.15, 0.2) is 51.1 Å². The van der Waals surface area contributed by atoms with Crippen molar-refractivity contribution in [2.24, 2.45) is 5.92 Å². The molecule has 1 fully saturated rings. The van der Waals surface area contributed by atoms with E-state index in [4.69, 9.17) is 4.98 Å². The van der Waals surface area contributed by atoms with Gasteiger partial charge in [-0.25, -0.2) is 13.4 Å². The minimum atomic E-state index is -3.79. The minimum Gasteiger partial charge on any atom is -0.329 e. The Morgan fingerprint density at radius 3 is 2.50 bits per heavy atom. The van der Waals surface area contributed by atoms with Crippen molar-refractivity contribution in [2.45, 2.75) is 55.4 Å². The number of aromatic amines is 1. The number of pyridine rings is 1. The molecule has 2 aromatic heterocycles. The smallest absolute Gasteiger partial charge is 0.249 e. The Balaban J connectivity index is 1.81. The molecule has 160 valence electrons. The van der Waals surface area contributed by atoms with E-state index in [9.17, 15) is 13.2 Å². The quantitative estimate of drug-likeness (QED) is 0.617. The first kappa shape index (κ1) is 21.3. The minimum absolute atomic E-state index is 0.0101. The van der Waals surface area contributed by atoms with Crippen molar-refractivity contribution < 1.29 is 8.42 Å². The first-order chi connectivity index (χ1) is 14.2. The van der Waals surface area contributed by atoms with E-state index < -0.39 is 15.4 Å². The third-order valence-corrected chi connectivity index (χ3v) is 8.69. The number of sulfone groups is 1. The van der Waals surface area contributed by atoms with Crippen LogP contribution in [0.1, 0.15) is 39.4 Å². The van der Waals surface area contributed by atoms with Crippen LogP contribution in [-0.2, 0) is 21.8 Å². The summed E-state index contributed by atoms with van der Waals surface area (Å²) in [6.07, 6.45) is 6.46. The van der Waals surface area contributed by atoms with Crippen molar-refractivity contribution in [1.29, 1.82) is 0 Å². The zero-order valence-corrected chi connectivity index (χ0v) is 19.4. The Bertz CT molecular complexity index is 1230. The van der Waals surface area contributed by atoms with E-state index in [1.54, 1.807) is 12.1 Å². The Labute approximate surface area is 178 Å². The highest BCUT2D eigenvalue weighted by Gasteiger charge is 2.26. The molecule has 0 atom stereocenters. The third kappa shape index (κ3) is 4.10. The van der Waals surface area contributed by atoms with Gasteiger partial charge in [-0.2, -0.15) is 0 Å². The number of imidazole rings is 1. The van der Waals surface area contributed by atoms with Gasteiger partial charge in [0.05, 0.1) is 20.8 Å². The van der Waals surface area contributed by atoms with Gasteiger partial charge in [0.25, 0.3) is 0 Å². The lowest BCUT2D eigenvalue weighted by Crippen LogP contribution is -2.23. The van der Waals surface area contributed by atoms with Crippen molar-refractivity contribution in [3.8, 4) is 0 Å². The average Bonchev–Trinajstić information content (AvgIpc) is 3.07. The molecule has 6 nitrogen and oxygen atoms in total. The van der Waals surface area contributed by atoms with Crippen LogP contribution in [0, 0.1) is 5.92 Å². The highest BCUT2D eigenvalue weighted by molar-refractivity contribution is 7.91. The van der Waals surface area contributed by atoms with Crippen molar-refractivity contribution in [1.82, 2.24) is 14.5 Å². The second-order valence-corrected chi connectivity index (χ2v) is 12.5. The maximum Gasteiger partial charge on any atom is 0.249 e. The van der Waals surface area contributed by atoms with Gasteiger partial charge < -0.3 is 9.55 Å². The van der Waals surface area contributed by atoms with E-state index in [2.05, 4.69) is 30.3 Å². The van der Waals surface area contributed by atoms with Gasteiger partial charge in [0.2, 0.25) is 15.4 Å². The van der Waals surface area contributed by atoms with Crippen LogP contribution < -0.4 is 5.56 Å². The van der Waals surface area contributed by atoms with E-state index in [1.165, 1.54) is 37.4 Å². The Hall–Kier alpha value is -1.98. The summed E-state index contributed by atoms with van der Waals surface area (Å²) in [7, 11) is -2.70. The molecule has 8 heteroatoms. The van der Waals surface area contributed by atoms with Crippen LogP contribution >= 0.6 is 8.58 Å². The first-order valence-corrected chi connectivity index (χ1v) is 13.2. The summed E-state index contributed by atoms with van der Waals surface area (Å²) in [6, 6.07) is 7.65. The number of aromatic nitrogens is 3. The molecule has 3 heterocycles. The molecule has 0 radical (unpaired) electrons. The number of H-pyrrole nitrogens is 1. The van der Waals surface area contributed by atoms with Crippen LogP contribution in [0.2, 0.25) is 0 Å². The molecule has 0 amide bonds. The molecule has 1 aliphatic heterocycles. The second kappa shape index (κ2) is 7.93. The zero-order valence-electron chi connectivity index (χ0n) is 17.6. The monoisotopic (exact) mass is 445 g/mol. The first-order valence-electron chi connectivity index (χ1n) is 10.3. The van der Waals surface area contributed by atoms with Crippen LogP contribution in [-0.4, -0.2) is 35.3 Å².